The summed E-state index contributed by atoms with van der Waals surface area (Å²) in [6.07, 6.45) is 2.22. The number of nitrogens with one attached hydrogen (secondary N) is 2. The van der Waals surface area contributed by atoms with E-state index in [0.717, 1.165) is 33.8 Å². The van der Waals surface area contributed by atoms with E-state index in [4.69, 9.17) is 0 Å². The Labute approximate surface area is 153 Å². The van der Waals surface area contributed by atoms with Crippen LogP contribution in [0.3, 0.4) is 0 Å². The smallest absolute Gasteiger partial charge is 0.229 e. The van der Waals surface area contributed by atoms with Gasteiger partial charge in [-0.05, 0) is 48.9 Å². The van der Waals surface area contributed by atoms with Crippen LogP contribution in [0.5, 0.6) is 0 Å². The molecule has 3 aromatic rings. The predicted octanol–water partition coefficient (Wildman–Crippen LogP) is 3.83. The molecule has 2 atom stereocenters. The minimum Gasteiger partial charge on any atom is -0.354 e. The van der Waals surface area contributed by atoms with Gasteiger partial charge in [0.1, 0.15) is 5.82 Å². The van der Waals surface area contributed by atoms with E-state index in [9.17, 15) is 14.0 Å². The van der Waals surface area contributed by atoms with E-state index in [1.807, 2.05) is 12.1 Å². The molecule has 134 valence electrons. The Morgan fingerprint density at radius 2 is 2.08 bits per heavy atom. The average Bonchev–Trinajstić information content (AvgIpc) is 3.20. The number of nitrogens with zero attached hydrogens (tertiary/aromatic N) is 1. The van der Waals surface area contributed by atoms with Crippen LogP contribution in [0.1, 0.15) is 26.2 Å². The van der Waals surface area contributed by atoms with E-state index >= 15 is 0 Å². The van der Waals surface area contributed by atoms with Crippen molar-refractivity contribution in [3.05, 3.63) is 36.1 Å². The Kier molecular flexibility index (Phi) is 4.32. The van der Waals surface area contributed by atoms with Gasteiger partial charge in [-0.3, -0.25) is 9.59 Å². The number of carbonyl (C=O) groups is 2. The molecule has 0 aliphatic heterocycles. The van der Waals surface area contributed by atoms with Crippen molar-refractivity contribution < 1.29 is 14.0 Å². The first-order valence-electron chi connectivity index (χ1n) is 8.56. The predicted molar refractivity (Wildman–Crippen MR) is 101 cm³/mol. The molecule has 2 N–H and O–H groups in total. The van der Waals surface area contributed by atoms with Crippen molar-refractivity contribution in [2.24, 2.45) is 5.92 Å². The Bertz CT molecular complexity index is 1020. The average molecular weight is 371 g/mol. The molecule has 0 radical (unpaired) electrons. The summed E-state index contributed by atoms with van der Waals surface area (Å²) in [6, 6.07) is 8.41. The van der Waals surface area contributed by atoms with Crippen LogP contribution >= 0.6 is 11.3 Å². The van der Waals surface area contributed by atoms with Crippen LogP contribution in [0.15, 0.2) is 30.3 Å². The monoisotopic (exact) mass is 371 g/mol. The molecule has 2 amide bonds. The number of rotatable bonds is 3. The summed E-state index contributed by atoms with van der Waals surface area (Å²) in [4.78, 5) is 28.2. The van der Waals surface area contributed by atoms with Crippen LogP contribution in [0, 0.1) is 11.7 Å². The van der Waals surface area contributed by atoms with Crippen molar-refractivity contribution in [3.63, 3.8) is 0 Å². The van der Waals surface area contributed by atoms with Gasteiger partial charge in [0.15, 0.2) is 5.13 Å². The zero-order chi connectivity index (χ0) is 18.3. The molecule has 2 aromatic carbocycles. The first-order valence-corrected chi connectivity index (χ1v) is 9.38. The summed E-state index contributed by atoms with van der Waals surface area (Å²) in [5, 5.41) is 8.06. The Morgan fingerprint density at radius 3 is 2.88 bits per heavy atom. The summed E-state index contributed by atoms with van der Waals surface area (Å²) in [5.74, 6) is -0.521. The van der Waals surface area contributed by atoms with Crippen molar-refractivity contribution in [1.82, 2.24) is 10.3 Å². The fourth-order valence-electron chi connectivity index (χ4n) is 3.58. The van der Waals surface area contributed by atoms with Gasteiger partial charge in [-0.15, -0.1) is 0 Å². The van der Waals surface area contributed by atoms with Crippen molar-refractivity contribution in [2.45, 2.75) is 32.2 Å². The van der Waals surface area contributed by atoms with E-state index in [0.29, 0.717) is 11.6 Å². The molecule has 1 saturated carbocycles. The van der Waals surface area contributed by atoms with Gasteiger partial charge in [-0.25, -0.2) is 9.37 Å². The molecule has 0 unspecified atom stereocenters. The second-order valence-electron chi connectivity index (χ2n) is 6.69. The lowest BCUT2D eigenvalue weighted by molar-refractivity contribution is -0.121. The standard InChI is InChI=1S/C19H18FN3O2S/c1-10(24)21-14-5-2-12(9-14)18(25)23-19-22-16-7-3-11-8-13(20)4-6-15(11)17(16)26-19/h3-4,6-8,12,14H,2,5,9H2,1H3,(H,21,24)(H,22,23,25)/t12-,14+/m0/s1. The lowest BCUT2D eigenvalue weighted by Crippen LogP contribution is -2.31. The number of carbonyl (C=O) groups excluding carboxylic acids is 2. The largest absolute Gasteiger partial charge is 0.354 e. The summed E-state index contributed by atoms with van der Waals surface area (Å²) in [6.45, 7) is 1.49. The van der Waals surface area contributed by atoms with Gasteiger partial charge in [0.05, 0.1) is 10.2 Å². The van der Waals surface area contributed by atoms with E-state index in [-0.39, 0.29) is 29.6 Å². The summed E-state index contributed by atoms with van der Waals surface area (Å²) in [7, 11) is 0. The molecule has 4 rings (SSSR count). The molecule has 1 aromatic heterocycles. The minimum atomic E-state index is -0.273. The number of fused-ring (bicyclic) bond motifs is 3. The van der Waals surface area contributed by atoms with Gasteiger partial charge in [-0.1, -0.05) is 17.4 Å². The molecular weight excluding hydrogens is 353 g/mol. The fraction of sp³-hybridized carbons (Fsp3) is 0.316. The van der Waals surface area contributed by atoms with Crippen molar-refractivity contribution >= 4 is 49.3 Å². The maximum absolute atomic E-state index is 13.4. The lowest BCUT2D eigenvalue weighted by Gasteiger charge is -2.11. The van der Waals surface area contributed by atoms with Gasteiger partial charge >= 0.3 is 0 Å². The van der Waals surface area contributed by atoms with Crippen molar-refractivity contribution in [1.29, 1.82) is 0 Å². The Morgan fingerprint density at radius 1 is 1.23 bits per heavy atom. The molecular formula is C19H18FN3O2S. The van der Waals surface area contributed by atoms with E-state index in [1.54, 1.807) is 6.07 Å². The molecule has 5 nitrogen and oxygen atoms in total. The fourth-order valence-corrected chi connectivity index (χ4v) is 4.59. The molecule has 1 aliphatic rings. The number of amides is 2. The zero-order valence-corrected chi connectivity index (χ0v) is 15.0. The van der Waals surface area contributed by atoms with Gasteiger partial charge in [-0.2, -0.15) is 0 Å². The van der Waals surface area contributed by atoms with Crippen molar-refractivity contribution in [3.8, 4) is 0 Å². The number of halogens is 1. The molecule has 7 heteroatoms. The highest BCUT2D eigenvalue weighted by Crippen LogP contribution is 2.34. The first kappa shape index (κ1) is 16.9. The molecule has 1 heterocycles. The summed E-state index contributed by atoms with van der Waals surface area (Å²) in [5.41, 5.74) is 0.784. The van der Waals surface area contributed by atoms with Crippen molar-refractivity contribution in [2.75, 3.05) is 5.32 Å². The second-order valence-corrected chi connectivity index (χ2v) is 7.69. The van der Waals surface area contributed by atoms with Gasteiger partial charge < -0.3 is 10.6 Å². The third kappa shape index (κ3) is 3.26. The zero-order valence-electron chi connectivity index (χ0n) is 14.2. The van der Waals surface area contributed by atoms with Crippen LogP contribution in [0.2, 0.25) is 0 Å². The second kappa shape index (κ2) is 6.64. The number of hydrogen-bond donors (Lipinski definition) is 2. The third-order valence-electron chi connectivity index (χ3n) is 4.77. The molecule has 26 heavy (non-hydrogen) atoms. The molecule has 1 aliphatic carbocycles. The number of hydrogen-bond acceptors (Lipinski definition) is 4. The summed E-state index contributed by atoms with van der Waals surface area (Å²) >= 11 is 1.40. The summed E-state index contributed by atoms with van der Waals surface area (Å²) < 4.78 is 14.3. The van der Waals surface area contributed by atoms with E-state index < -0.39 is 0 Å². The van der Waals surface area contributed by atoms with Crippen LogP contribution in [-0.2, 0) is 9.59 Å². The SMILES string of the molecule is CC(=O)N[C@@H]1CC[C@H](C(=O)Nc2nc3ccc4cc(F)ccc4c3s2)C1. The highest BCUT2D eigenvalue weighted by Gasteiger charge is 2.30. The molecule has 0 bridgehead atoms. The third-order valence-corrected chi connectivity index (χ3v) is 5.79. The Balaban J connectivity index is 1.53. The van der Waals surface area contributed by atoms with Gasteiger partial charge in [0.2, 0.25) is 11.8 Å². The van der Waals surface area contributed by atoms with E-state index in [2.05, 4.69) is 15.6 Å². The van der Waals surface area contributed by atoms with Crippen LogP contribution in [-0.4, -0.2) is 22.8 Å². The highest BCUT2D eigenvalue weighted by atomic mass is 32.1. The van der Waals surface area contributed by atoms with Crippen LogP contribution in [0.4, 0.5) is 9.52 Å². The number of benzene rings is 2. The minimum absolute atomic E-state index is 0.0627. The lowest BCUT2D eigenvalue weighted by atomic mass is 10.1. The maximum atomic E-state index is 13.4. The number of aromatic nitrogens is 1. The topological polar surface area (TPSA) is 71.1 Å². The molecule has 1 fully saturated rings. The van der Waals surface area contributed by atoms with Crippen LogP contribution < -0.4 is 10.6 Å². The van der Waals surface area contributed by atoms with Crippen LogP contribution in [0.25, 0.3) is 21.0 Å². The van der Waals surface area contributed by atoms with Gasteiger partial charge in [0.25, 0.3) is 0 Å². The van der Waals surface area contributed by atoms with Gasteiger partial charge in [0, 0.05) is 24.3 Å². The molecule has 0 spiro atoms. The maximum Gasteiger partial charge on any atom is 0.229 e. The highest BCUT2D eigenvalue weighted by molar-refractivity contribution is 7.23. The van der Waals surface area contributed by atoms with E-state index in [1.165, 1.54) is 30.4 Å². The first-order chi connectivity index (χ1) is 12.5. The number of anilines is 1. The molecule has 0 saturated heterocycles. The number of thiazole rings is 1. The Hall–Kier alpha value is -2.54. The normalized spacial score (nSPS) is 19.8. The quantitative estimate of drug-likeness (QED) is 0.735.